The Kier molecular flexibility index (Phi) is 5.66. The summed E-state index contributed by atoms with van der Waals surface area (Å²) < 4.78 is 15.4. The van der Waals surface area contributed by atoms with Crippen molar-refractivity contribution in [3.05, 3.63) is 48.3 Å². The van der Waals surface area contributed by atoms with Crippen molar-refractivity contribution in [2.24, 2.45) is 11.3 Å². The van der Waals surface area contributed by atoms with Crippen LogP contribution >= 0.6 is 0 Å². The molecule has 3 aromatic rings. The Morgan fingerprint density at radius 3 is 2.84 bits per heavy atom. The second kappa shape index (κ2) is 8.60. The number of pyridine rings is 1. The molecule has 1 amide bonds. The van der Waals surface area contributed by atoms with Crippen molar-refractivity contribution in [2.75, 3.05) is 13.1 Å². The summed E-state index contributed by atoms with van der Waals surface area (Å²) in [7, 11) is 0. The minimum atomic E-state index is -0.327. The fourth-order valence-corrected chi connectivity index (χ4v) is 5.39. The average molecular weight is 436 g/mol. The zero-order valence-electron chi connectivity index (χ0n) is 18.6. The number of amides is 1. The molecule has 5 rings (SSSR count). The lowest BCUT2D eigenvalue weighted by Gasteiger charge is -2.40. The van der Waals surface area contributed by atoms with E-state index in [2.05, 4.69) is 21.8 Å². The third-order valence-corrected chi connectivity index (χ3v) is 7.19. The van der Waals surface area contributed by atoms with Gasteiger partial charge in [-0.2, -0.15) is 0 Å². The van der Waals surface area contributed by atoms with Gasteiger partial charge in [0, 0.05) is 36.6 Å². The van der Waals surface area contributed by atoms with Crippen LogP contribution in [0.15, 0.2) is 36.8 Å². The molecule has 1 atom stereocenters. The average Bonchev–Trinajstić information content (AvgIpc) is 3.22. The predicted molar refractivity (Wildman–Crippen MR) is 120 cm³/mol. The van der Waals surface area contributed by atoms with Gasteiger partial charge in [-0.15, -0.1) is 0 Å². The zero-order valence-corrected chi connectivity index (χ0v) is 18.6. The molecule has 0 radical (unpaired) electrons. The number of piperidine rings is 1. The van der Waals surface area contributed by atoms with E-state index in [0.29, 0.717) is 29.0 Å². The monoisotopic (exact) mass is 435 g/mol. The van der Waals surface area contributed by atoms with Crippen molar-refractivity contribution in [2.45, 2.75) is 58.3 Å². The van der Waals surface area contributed by atoms with Crippen LogP contribution in [0.5, 0.6) is 0 Å². The summed E-state index contributed by atoms with van der Waals surface area (Å²) >= 11 is 0. The van der Waals surface area contributed by atoms with Gasteiger partial charge < -0.3 is 4.90 Å². The molecule has 1 saturated carbocycles. The lowest BCUT2D eigenvalue weighted by molar-refractivity contribution is -0.145. The first-order valence-corrected chi connectivity index (χ1v) is 11.8. The van der Waals surface area contributed by atoms with Crippen LogP contribution in [-0.2, 0) is 11.2 Å². The van der Waals surface area contributed by atoms with Gasteiger partial charge in [0.1, 0.15) is 17.2 Å². The second-order valence-electron chi connectivity index (χ2n) is 9.68. The topological polar surface area (TPSA) is 63.4 Å². The molecule has 1 aliphatic carbocycles. The predicted octanol–water partition coefficient (Wildman–Crippen LogP) is 4.68. The van der Waals surface area contributed by atoms with Crippen LogP contribution in [0.3, 0.4) is 0 Å². The Bertz CT molecular complexity index is 1120. The number of fused-ring (bicyclic) bond motifs is 1. The summed E-state index contributed by atoms with van der Waals surface area (Å²) in [5, 5.41) is 0. The number of halogens is 1. The first-order chi connectivity index (χ1) is 15.5. The molecule has 2 aliphatic rings. The molecule has 168 valence electrons. The van der Waals surface area contributed by atoms with E-state index >= 15 is 0 Å². The van der Waals surface area contributed by atoms with E-state index in [1.54, 1.807) is 22.9 Å². The van der Waals surface area contributed by atoms with Crippen LogP contribution in [0.25, 0.3) is 17.2 Å². The second-order valence-corrected chi connectivity index (χ2v) is 9.68. The fourth-order valence-electron chi connectivity index (χ4n) is 5.39. The van der Waals surface area contributed by atoms with Crippen LogP contribution in [0.4, 0.5) is 4.39 Å². The number of hydrogen-bond acceptors (Lipinski definition) is 4. The molecule has 7 heteroatoms. The molecule has 1 aliphatic heterocycles. The molecule has 32 heavy (non-hydrogen) atoms. The smallest absolute Gasteiger partial charge is 0.228 e. The van der Waals surface area contributed by atoms with E-state index in [4.69, 9.17) is 4.98 Å². The number of carbonyl (C=O) groups is 1. The highest BCUT2D eigenvalue weighted by molar-refractivity contribution is 5.82. The molecule has 0 spiro atoms. The van der Waals surface area contributed by atoms with Gasteiger partial charge in [-0.05, 0) is 56.2 Å². The van der Waals surface area contributed by atoms with Gasteiger partial charge in [0.15, 0.2) is 5.82 Å². The van der Waals surface area contributed by atoms with E-state index in [-0.39, 0.29) is 11.2 Å². The van der Waals surface area contributed by atoms with E-state index in [0.717, 1.165) is 63.7 Å². The van der Waals surface area contributed by atoms with Crippen LogP contribution in [-0.4, -0.2) is 43.2 Å². The number of aromatic nitrogens is 4. The molecule has 6 nitrogen and oxygen atoms in total. The number of hydrogen-bond donors (Lipinski definition) is 0. The van der Waals surface area contributed by atoms with Gasteiger partial charge in [-0.1, -0.05) is 26.2 Å². The Hall–Kier alpha value is -2.83. The number of imidazole rings is 1. The molecular weight excluding hydrogens is 405 g/mol. The minimum absolute atomic E-state index is 0.180. The number of rotatable bonds is 4. The number of likely N-dealkylation sites (tertiary alicyclic amines) is 1. The van der Waals surface area contributed by atoms with E-state index in [9.17, 15) is 9.18 Å². The van der Waals surface area contributed by atoms with E-state index < -0.39 is 0 Å². The van der Waals surface area contributed by atoms with E-state index in [1.165, 1.54) is 18.7 Å². The Morgan fingerprint density at radius 2 is 2.00 bits per heavy atom. The molecule has 3 aromatic heterocycles. The highest BCUT2D eigenvalue weighted by atomic mass is 19.1. The first kappa shape index (κ1) is 21.0. The van der Waals surface area contributed by atoms with Crippen LogP contribution in [0.2, 0.25) is 0 Å². The van der Waals surface area contributed by atoms with Crippen LogP contribution in [0.1, 0.15) is 57.6 Å². The van der Waals surface area contributed by atoms with E-state index in [1.807, 2.05) is 6.07 Å². The molecule has 0 aromatic carbocycles. The molecule has 0 N–H and O–H groups in total. The van der Waals surface area contributed by atoms with Gasteiger partial charge in [0.2, 0.25) is 5.91 Å². The normalized spacial score (nSPS) is 21.1. The highest BCUT2D eigenvalue weighted by Gasteiger charge is 2.39. The van der Waals surface area contributed by atoms with Gasteiger partial charge in [-0.3, -0.25) is 9.20 Å². The molecule has 2 fully saturated rings. The van der Waals surface area contributed by atoms with Gasteiger partial charge in [0.25, 0.3) is 0 Å². The van der Waals surface area contributed by atoms with Crippen LogP contribution in [0, 0.1) is 17.2 Å². The largest absolute Gasteiger partial charge is 0.342 e. The fraction of sp³-hybridized carbons (Fsp3) is 0.520. The Morgan fingerprint density at radius 1 is 1.16 bits per heavy atom. The highest BCUT2D eigenvalue weighted by Crippen LogP contribution is 2.38. The van der Waals surface area contributed by atoms with Gasteiger partial charge >= 0.3 is 0 Å². The summed E-state index contributed by atoms with van der Waals surface area (Å²) in [6.07, 6.45) is 13.4. The third-order valence-electron chi connectivity index (χ3n) is 7.19. The summed E-state index contributed by atoms with van der Waals surface area (Å²) in [6.45, 7) is 3.83. The lowest BCUT2D eigenvalue weighted by atomic mass is 9.74. The molecular formula is C25H30FN5O. The summed E-state index contributed by atoms with van der Waals surface area (Å²) in [5.41, 5.74) is 2.10. The SMILES string of the molecule is CC1(C(=O)N2CCC[C@@H](Cc3ccnc(-c4cnc5ccc(F)cn45)n3)C2)CCCCC1. The summed E-state index contributed by atoms with van der Waals surface area (Å²) in [4.78, 5) is 28.9. The maximum absolute atomic E-state index is 13.7. The standard InChI is InChI=1S/C25H30FN5O/c1-25(10-3-2-4-11-25)24(32)30-13-5-6-18(16-30)14-20-9-12-27-23(29-20)21-15-28-22-8-7-19(26)17-31(21)22/h7-9,12,15,17-18H,2-6,10-11,13-14,16H2,1H3/t18-/m0/s1. The Labute approximate surface area is 187 Å². The third kappa shape index (κ3) is 4.12. The summed E-state index contributed by atoms with van der Waals surface area (Å²) in [5.74, 6) is 0.950. The molecule has 1 saturated heterocycles. The van der Waals surface area contributed by atoms with Crippen molar-refractivity contribution in [1.29, 1.82) is 0 Å². The van der Waals surface area contributed by atoms with Crippen molar-refractivity contribution < 1.29 is 9.18 Å². The maximum Gasteiger partial charge on any atom is 0.228 e. The van der Waals surface area contributed by atoms with Crippen molar-refractivity contribution >= 4 is 11.6 Å². The first-order valence-electron chi connectivity index (χ1n) is 11.8. The quantitative estimate of drug-likeness (QED) is 0.597. The summed E-state index contributed by atoms with van der Waals surface area (Å²) in [6, 6.07) is 4.98. The molecule has 0 bridgehead atoms. The molecule has 0 unspecified atom stereocenters. The lowest BCUT2D eigenvalue weighted by Crippen LogP contribution is -2.48. The van der Waals surface area contributed by atoms with Crippen molar-refractivity contribution in [1.82, 2.24) is 24.3 Å². The Balaban J connectivity index is 1.31. The van der Waals surface area contributed by atoms with Crippen molar-refractivity contribution in [3.63, 3.8) is 0 Å². The maximum atomic E-state index is 13.7. The van der Waals surface area contributed by atoms with Crippen LogP contribution < -0.4 is 0 Å². The number of nitrogens with zero attached hydrogens (tertiary/aromatic N) is 5. The molecule has 4 heterocycles. The number of carbonyl (C=O) groups excluding carboxylic acids is 1. The van der Waals surface area contributed by atoms with Gasteiger partial charge in [-0.25, -0.2) is 19.3 Å². The zero-order chi connectivity index (χ0) is 22.1. The minimum Gasteiger partial charge on any atom is -0.342 e. The van der Waals surface area contributed by atoms with Gasteiger partial charge in [0.05, 0.1) is 6.20 Å². The van der Waals surface area contributed by atoms with Crippen molar-refractivity contribution in [3.8, 4) is 11.5 Å².